The Kier molecular flexibility index (Phi) is 4.66. The summed E-state index contributed by atoms with van der Waals surface area (Å²) in [6, 6.07) is 5.55. The Morgan fingerprint density at radius 3 is 2.74 bits per heavy atom. The highest BCUT2D eigenvalue weighted by Crippen LogP contribution is 2.27. The molecule has 0 bridgehead atoms. The zero-order chi connectivity index (χ0) is 13.8. The van der Waals surface area contributed by atoms with Gasteiger partial charge in [-0.05, 0) is 38.0 Å². The van der Waals surface area contributed by atoms with Crippen LogP contribution in [0.2, 0.25) is 5.02 Å². The molecule has 2 rings (SSSR count). The second-order valence-electron chi connectivity index (χ2n) is 4.72. The molecule has 19 heavy (non-hydrogen) atoms. The number of nitrogens with zero attached hydrogens (tertiary/aromatic N) is 1. The minimum absolute atomic E-state index is 0.0597. The summed E-state index contributed by atoms with van der Waals surface area (Å²) in [5.74, 6) is 0.0597. The number of benzene rings is 1. The van der Waals surface area contributed by atoms with E-state index in [0.29, 0.717) is 16.7 Å². The molecule has 1 fully saturated rings. The molecule has 1 aliphatic heterocycles. The van der Waals surface area contributed by atoms with Crippen LogP contribution in [0.1, 0.15) is 25.3 Å². The molecule has 5 heteroatoms. The van der Waals surface area contributed by atoms with E-state index in [1.54, 1.807) is 6.07 Å². The van der Waals surface area contributed by atoms with E-state index in [2.05, 4.69) is 4.90 Å². The average Bonchev–Trinajstić information content (AvgIpc) is 2.40. The standard InChI is InChI=1S/C14H20ClN3O/c1-2-19-11-5-7-18(8-6-11)13-4-3-10(15)9-12(13)14(16)17/h3-4,9,11H,2,5-8H2,1H3,(H3,16,17). The van der Waals surface area contributed by atoms with Crippen LogP contribution in [0, 0.1) is 5.41 Å². The molecule has 4 nitrogen and oxygen atoms in total. The Balaban J connectivity index is 2.13. The number of anilines is 1. The van der Waals surface area contributed by atoms with E-state index in [0.717, 1.165) is 38.2 Å². The van der Waals surface area contributed by atoms with Gasteiger partial charge in [-0.2, -0.15) is 0 Å². The molecule has 0 aliphatic carbocycles. The van der Waals surface area contributed by atoms with Gasteiger partial charge in [-0.15, -0.1) is 0 Å². The molecular formula is C14H20ClN3O. The molecule has 0 spiro atoms. The smallest absolute Gasteiger partial charge is 0.124 e. The van der Waals surface area contributed by atoms with Crippen LogP contribution in [-0.2, 0) is 4.74 Å². The number of nitrogen functional groups attached to an aromatic ring is 1. The lowest BCUT2D eigenvalue weighted by atomic mass is 10.0. The van der Waals surface area contributed by atoms with Crippen molar-refractivity contribution in [2.75, 3.05) is 24.6 Å². The lowest BCUT2D eigenvalue weighted by molar-refractivity contribution is 0.0459. The molecule has 1 aliphatic rings. The largest absolute Gasteiger partial charge is 0.384 e. The number of rotatable bonds is 4. The zero-order valence-electron chi connectivity index (χ0n) is 11.2. The number of nitrogens with one attached hydrogen (secondary N) is 1. The molecular weight excluding hydrogens is 262 g/mol. The van der Waals surface area contributed by atoms with Gasteiger partial charge in [0, 0.05) is 36.0 Å². The van der Waals surface area contributed by atoms with Gasteiger partial charge >= 0.3 is 0 Å². The molecule has 3 N–H and O–H groups in total. The molecule has 1 saturated heterocycles. The van der Waals surface area contributed by atoms with Crippen molar-refractivity contribution in [3.63, 3.8) is 0 Å². The molecule has 1 aromatic carbocycles. The van der Waals surface area contributed by atoms with Crippen LogP contribution in [0.4, 0.5) is 5.69 Å². The number of halogens is 1. The quantitative estimate of drug-likeness (QED) is 0.659. The first-order valence-corrected chi connectivity index (χ1v) is 7.00. The Morgan fingerprint density at radius 1 is 1.47 bits per heavy atom. The van der Waals surface area contributed by atoms with Gasteiger partial charge in [0.1, 0.15) is 5.84 Å². The third-order valence-corrected chi connectivity index (χ3v) is 3.67. The Hall–Kier alpha value is -1.26. The maximum Gasteiger partial charge on any atom is 0.124 e. The summed E-state index contributed by atoms with van der Waals surface area (Å²) in [6.07, 6.45) is 2.37. The molecule has 1 aromatic rings. The van der Waals surface area contributed by atoms with Crippen molar-refractivity contribution in [1.29, 1.82) is 5.41 Å². The fourth-order valence-corrected chi connectivity index (χ4v) is 2.67. The first-order valence-electron chi connectivity index (χ1n) is 6.62. The van der Waals surface area contributed by atoms with E-state index in [-0.39, 0.29) is 5.84 Å². The summed E-state index contributed by atoms with van der Waals surface area (Å²) in [5, 5.41) is 8.27. The average molecular weight is 282 g/mol. The zero-order valence-corrected chi connectivity index (χ0v) is 11.9. The van der Waals surface area contributed by atoms with Crippen LogP contribution in [0.25, 0.3) is 0 Å². The highest BCUT2D eigenvalue weighted by Gasteiger charge is 2.21. The fraction of sp³-hybridized carbons (Fsp3) is 0.500. The van der Waals surface area contributed by atoms with Crippen LogP contribution >= 0.6 is 11.6 Å². The summed E-state index contributed by atoms with van der Waals surface area (Å²) in [4.78, 5) is 2.25. The third kappa shape index (κ3) is 3.39. The minimum atomic E-state index is 0.0597. The van der Waals surface area contributed by atoms with E-state index in [1.807, 2.05) is 19.1 Å². The monoisotopic (exact) mass is 281 g/mol. The number of hydrogen-bond acceptors (Lipinski definition) is 3. The summed E-state index contributed by atoms with van der Waals surface area (Å²) >= 11 is 5.97. The summed E-state index contributed by atoms with van der Waals surface area (Å²) in [6.45, 7) is 4.64. The maximum absolute atomic E-state index is 7.66. The van der Waals surface area contributed by atoms with Crippen molar-refractivity contribution < 1.29 is 4.74 Å². The molecule has 104 valence electrons. The predicted molar refractivity (Wildman–Crippen MR) is 79.3 cm³/mol. The lowest BCUT2D eigenvalue weighted by Gasteiger charge is -2.34. The summed E-state index contributed by atoms with van der Waals surface area (Å²) in [5.41, 5.74) is 7.34. The second kappa shape index (κ2) is 6.26. The van der Waals surface area contributed by atoms with Gasteiger partial charge in [0.25, 0.3) is 0 Å². The number of piperidine rings is 1. The Morgan fingerprint density at radius 2 is 2.16 bits per heavy atom. The summed E-state index contributed by atoms with van der Waals surface area (Å²) in [7, 11) is 0. The van der Waals surface area contributed by atoms with Crippen LogP contribution in [0.15, 0.2) is 18.2 Å². The van der Waals surface area contributed by atoms with E-state index in [9.17, 15) is 0 Å². The van der Waals surface area contributed by atoms with Gasteiger partial charge in [-0.25, -0.2) is 0 Å². The number of amidine groups is 1. The van der Waals surface area contributed by atoms with Crippen LogP contribution in [0.5, 0.6) is 0 Å². The van der Waals surface area contributed by atoms with E-state index < -0.39 is 0 Å². The minimum Gasteiger partial charge on any atom is -0.384 e. The van der Waals surface area contributed by atoms with Crippen molar-refractivity contribution in [2.45, 2.75) is 25.9 Å². The van der Waals surface area contributed by atoms with Gasteiger partial charge in [0.15, 0.2) is 0 Å². The van der Waals surface area contributed by atoms with Crippen molar-refractivity contribution in [3.05, 3.63) is 28.8 Å². The van der Waals surface area contributed by atoms with Gasteiger partial charge in [-0.1, -0.05) is 11.6 Å². The van der Waals surface area contributed by atoms with Gasteiger partial charge in [0.2, 0.25) is 0 Å². The topological polar surface area (TPSA) is 62.3 Å². The van der Waals surface area contributed by atoms with Crippen LogP contribution in [-0.4, -0.2) is 31.6 Å². The molecule has 0 amide bonds. The second-order valence-corrected chi connectivity index (χ2v) is 5.15. The molecule has 1 heterocycles. The van der Waals surface area contributed by atoms with E-state index in [1.165, 1.54) is 0 Å². The molecule has 0 atom stereocenters. The SMILES string of the molecule is CCOC1CCN(c2ccc(Cl)cc2C(=N)N)CC1. The number of ether oxygens (including phenoxy) is 1. The van der Waals surface area contributed by atoms with Crippen LogP contribution in [0.3, 0.4) is 0 Å². The summed E-state index contributed by atoms with van der Waals surface area (Å²) < 4.78 is 5.65. The van der Waals surface area contributed by atoms with E-state index >= 15 is 0 Å². The maximum atomic E-state index is 7.66. The molecule has 0 radical (unpaired) electrons. The van der Waals surface area contributed by atoms with Gasteiger partial charge in [-0.3, -0.25) is 5.41 Å². The highest BCUT2D eigenvalue weighted by atomic mass is 35.5. The van der Waals surface area contributed by atoms with Crippen molar-refractivity contribution in [3.8, 4) is 0 Å². The first-order chi connectivity index (χ1) is 9.11. The van der Waals surface area contributed by atoms with Gasteiger partial charge < -0.3 is 15.4 Å². The first kappa shape index (κ1) is 14.2. The molecule has 0 aromatic heterocycles. The highest BCUT2D eigenvalue weighted by molar-refractivity contribution is 6.31. The molecule has 0 saturated carbocycles. The third-order valence-electron chi connectivity index (χ3n) is 3.43. The van der Waals surface area contributed by atoms with Gasteiger partial charge in [0.05, 0.1) is 6.10 Å². The van der Waals surface area contributed by atoms with Crippen molar-refractivity contribution in [1.82, 2.24) is 0 Å². The Bertz CT molecular complexity index is 456. The van der Waals surface area contributed by atoms with Crippen molar-refractivity contribution >= 4 is 23.1 Å². The Labute approximate surface area is 119 Å². The van der Waals surface area contributed by atoms with E-state index in [4.69, 9.17) is 27.5 Å². The predicted octanol–water partition coefficient (Wildman–Crippen LogP) is 2.63. The van der Waals surface area contributed by atoms with Crippen LogP contribution < -0.4 is 10.6 Å². The lowest BCUT2D eigenvalue weighted by Crippen LogP contribution is -2.38. The fourth-order valence-electron chi connectivity index (χ4n) is 2.50. The number of hydrogen-bond donors (Lipinski definition) is 2. The number of nitrogens with two attached hydrogens (primary N) is 1. The molecule has 0 unspecified atom stereocenters. The normalized spacial score (nSPS) is 16.6. The van der Waals surface area contributed by atoms with Crippen molar-refractivity contribution in [2.24, 2.45) is 5.73 Å².